The SMILES string of the molecule is CN1C(Cc2ccc(Cl)cc2)CN(c2ccccc2)c2cc(F)c(-c3ccc(F)c(C(=O)O)c3)cc2S1(=O)=O. The van der Waals surface area contributed by atoms with Gasteiger partial charge in [-0.2, -0.15) is 4.31 Å². The number of rotatable bonds is 5. The zero-order chi connectivity index (χ0) is 27.9. The van der Waals surface area contributed by atoms with Crippen molar-refractivity contribution in [2.75, 3.05) is 18.5 Å². The van der Waals surface area contributed by atoms with Crippen LogP contribution in [-0.2, 0) is 16.4 Å². The standard InChI is InChI=1S/C29H23ClF2N2O4S/c1-33-22(13-18-7-10-20(30)11-8-18)17-34(21-5-3-2-4-6-21)27-16-26(32)23(15-28(27)39(33,37)38)19-9-12-25(31)24(14-19)29(35)36/h2-12,14-16,22H,13,17H2,1H3,(H,35,36). The Hall–Kier alpha value is -3.79. The van der Waals surface area contributed by atoms with Crippen LogP contribution < -0.4 is 4.90 Å². The Morgan fingerprint density at radius 2 is 1.67 bits per heavy atom. The molecule has 1 atom stereocenters. The van der Waals surface area contributed by atoms with Crippen molar-refractivity contribution < 1.29 is 27.1 Å². The maximum atomic E-state index is 15.7. The summed E-state index contributed by atoms with van der Waals surface area (Å²) in [6.07, 6.45) is 0.374. The molecule has 0 radical (unpaired) electrons. The highest BCUT2D eigenvalue weighted by Crippen LogP contribution is 2.41. The van der Waals surface area contributed by atoms with Crippen molar-refractivity contribution in [3.8, 4) is 11.1 Å². The van der Waals surface area contributed by atoms with E-state index in [9.17, 15) is 22.7 Å². The lowest BCUT2D eigenvalue weighted by Crippen LogP contribution is -2.42. The predicted molar refractivity (Wildman–Crippen MR) is 146 cm³/mol. The summed E-state index contributed by atoms with van der Waals surface area (Å²) < 4.78 is 58.9. The summed E-state index contributed by atoms with van der Waals surface area (Å²) in [4.78, 5) is 13.1. The molecule has 0 fully saturated rings. The Bertz CT molecular complexity index is 1670. The molecule has 0 bridgehead atoms. The fourth-order valence-electron chi connectivity index (χ4n) is 4.75. The summed E-state index contributed by atoms with van der Waals surface area (Å²) >= 11 is 6.03. The van der Waals surface area contributed by atoms with Gasteiger partial charge in [0.15, 0.2) is 0 Å². The third-order valence-corrected chi connectivity index (χ3v) is 9.06. The molecule has 1 N–H and O–H groups in total. The zero-order valence-corrected chi connectivity index (χ0v) is 22.3. The number of carbonyl (C=O) groups is 1. The number of halogens is 3. The molecule has 0 aliphatic carbocycles. The largest absolute Gasteiger partial charge is 0.478 e. The van der Waals surface area contributed by atoms with Crippen molar-refractivity contribution in [2.45, 2.75) is 17.4 Å². The van der Waals surface area contributed by atoms with Crippen LogP contribution in [0.4, 0.5) is 20.2 Å². The van der Waals surface area contributed by atoms with E-state index >= 15 is 4.39 Å². The van der Waals surface area contributed by atoms with Crippen LogP contribution in [-0.4, -0.2) is 43.4 Å². The van der Waals surface area contributed by atoms with E-state index in [4.69, 9.17) is 11.6 Å². The van der Waals surface area contributed by atoms with Gasteiger partial charge in [-0.05, 0) is 66.1 Å². The molecule has 1 aliphatic rings. The van der Waals surface area contributed by atoms with Crippen LogP contribution in [0.2, 0.25) is 5.02 Å². The summed E-state index contributed by atoms with van der Waals surface area (Å²) in [5.41, 5.74) is 0.944. The van der Waals surface area contributed by atoms with Gasteiger partial charge in [-0.25, -0.2) is 22.0 Å². The van der Waals surface area contributed by atoms with Crippen LogP contribution in [0.3, 0.4) is 0 Å². The Labute approximate surface area is 229 Å². The highest BCUT2D eigenvalue weighted by atomic mass is 35.5. The van der Waals surface area contributed by atoms with E-state index in [1.54, 1.807) is 17.0 Å². The van der Waals surface area contributed by atoms with Gasteiger partial charge in [0.1, 0.15) is 16.5 Å². The molecule has 1 unspecified atom stereocenters. The van der Waals surface area contributed by atoms with Gasteiger partial charge in [0, 0.05) is 35.9 Å². The fraction of sp³-hybridized carbons (Fsp3) is 0.138. The Morgan fingerprint density at radius 1 is 0.974 bits per heavy atom. The first-order valence-electron chi connectivity index (χ1n) is 12.0. The van der Waals surface area contributed by atoms with Crippen molar-refractivity contribution in [1.82, 2.24) is 4.31 Å². The van der Waals surface area contributed by atoms with Crippen LogP contribution in [0.25, 0.3) is 11.1 Å². The van der Waals surface area contributed by atoms with E-state index in [2.05, 4.69) is 0 Å². The van der Waals surface area contributed by atoms with Crippen LogP contribution >= 0.6 is 11.6 Å². The van der Waals surface area contributed by atoms with Gasteiger partial charge in [-0.15, -0.1) is 0 Å². The van der Waals surface area contributed by atoms with Crippen molar-refractivity contribution in [2.24, 2.45) is 0 Å². The Kier molecular flexibility index (Phi) is 7.15. The molecule has 5 rings (SSSR count). The number of hydrogen-bond donors (Lipinski definition) is 1. The number of anilines is 2. The Morgan fingerprint density at radius 3 is 2.33 bits per heavy atom. The third kappa shape index (κ3) is 5.13. The van der Waals surface area contributed by atoms with Gasteiger partial charge in [-0.1, -0.05) is 48.0 Å². The summed E-state index contributed by atoms with van der Waals surface area (Å²) in [6, 6.07) is 21.1. The van der Waals surface area contributed by atoms with Gasteiger partial charge in [0.2, 0.25) is 10.0 Å². The van der Waals surface area contributed by atoms with E-state index in [1.807, 2.05) is 42.5 Å². The number of carboxylic acids is 1. The molecule has 0 saturated heterocycles. The first-order chi connectivity index (χ1) is 18.6. The lowest BCUT2D eigenvalue weighted by Gasteiger charge is -2.29. The Balaban J connectivity index is 1.69. The van der Waals surface area contributed by atoms with E-state index in [1.165, 1.54) is 23.5 Å². The number of benzene rings is 4. The molecule has 0 amide bonds. The minimum Gasteiger partial charge on any atom is -0.478 e. The highest BCUT2D eigenvalue weighted by Gasteiger charge is 2.38. The number of para-hydroxylation sites is 1. The van der Waals surface area contributed by atoms with Crippen molar-refractivity contribution in [3.05, 3.63) is 113 Å². The van der Waals surface area contributed by atoms with Crippen LogP contribution in [0, 0.1) is 11.6 Å². The maximum Gasteiger partial charge on any atom is 0.338 e. The molecule has 6 nitrogen and oxygen atoms in total. The molecule has 1 aliphatic heterocycles. The van der Waals surface area contributed by atoms with Gasteiger partial charge in [0.05, 0.1) is 11.3 Å². The number of hydrogen-bond acceptors (Lipinski definition) is 4. The van der Waals surface area contributed by atoms with Gasteiger partial charge in [-0.3, -0.25) is 0 Å². The lowest BCUT2D eigenvalue weighted by molar-refractivity contribution is 0.0692. The van der Waals surface area contributed by atoms with Gasteiger partial charge < -0.3 is 10.0 Å². The number of fused-ring (bicyclic) bond motifs is 1. The number of carboxylic acid groups (broad SMARTS) is 1. The van der Waals surface area contributed by atoms with Crippen molar-refractivity contribution in [3.63, 3.8) is 0 Å². The average Bonchev–Trinajstić information content (AvgIpc) is 2.99. The van der Waals surface area contributed by atoms with Crippen LogP contribution in [0.5, 0.6) is 0 Å². The molecule has 4 aromatic carbocycles. The van der Waals surface area contributed by atoms with E-state index in [0.717, 1.165) is 23.8 Å². The number of aromatic carboxylic acids is 1. The summed E-state index contributed by atoms with van der Waals surface area (Å²) in [7, 11) is -2.67. The fourth-order valence-corrected chi connectivity index (χ4v) is 6.42. The van der Waals surface area contributed by atoms with Crippen LogP contribution in [0.1, 0.15) is 15.9 Å². The molecule has 0 aromatic heterocycles. The molecule has 1 heterocycles. The molecule has 4 aromatic rings. The smallest absolute Gasteiger partial charge is 0.338 e. The zero-order valence-electron chi connectivity index (χ0n) is 20.7. The highest BCUT2D eigenvalue weighted by molar-refractivity contribution is 7.89. The van der Waals surface area contributed by atoms with E-state index < -0.39 is 39.2 Å². The van der Waals surface area contributed by atoms with Gasteiger partial charge in [0.25, 0.3) is 0 Å². The predicted octanol–water partition coefficient (Wildman–Crippen LogP) is 6.37. The monoisotopic (exact) mass is 568 g/mol. The summed E-state index contributed by atoms with van der Waals surface area (Å²) in [6.45, 7) is 0.230. The van der Waals surface area contributed by atoms with Crippen LogP contribution in [0.15, 0.2) is 89.8 Å². The number of sulfonamides is 1. The second-order valence-electron chi connectivity index (χ2n) is 9.25. The number of nitrogens with zero attached hydrogens (tertiary/aromatic N) is 2. The molecule has 39 heavy (non-hydrogen) atoms. The van der Waals surface area contributed by atoms with Gasteiger partial charge >= 0.3 is 5.97 Å². The molecule has 200 valence electrons. The molecular weight excluding hydrogens is 546 g/mol. The normalized spacial score (nSPS) is 16.9. The van der Waals surface area contributed by atoms with E-state index in [0.29, 0.717) is 17.1 Å². The third-order valence-electron chi connectivity index (χ3n) is 6.86. The summed E-state index contributed by atoms with van der Waals surface area (Å²) in [5.74, 6) is -3.27. The lowest BCUT2D eigenvalue weighted by atomic mass is 10.0. The molecule has 10 heteroatoms. The second kappa shape index (κ2) is 10.4. The van der Waals surface area contributed by atoms with Crippen molar-refractivity contribution in [1.29, 1.82) is 0 Å². The van der Waals surface area contributed by atoms with Crippen molar-refractivity contribution >= 4 is 39.0 Å². The quantitative estimate of drug-likeness (QED) is 0.303. The summed E-state index contributed by atoms with van der Waals surface area (Å²) in [5, 5.41) is 9.89. The maximum absolute atomic E-state index is 15.7. The molecule has 0 saturated carbocycles. The first-order valence-corrected chi connectivity index (χ1v) is 13.8. The minimum atomic E-state index is -4.15. The minimum absolute atomic E-state index is 0.0418. The molecule has 0 spiro atoms. The average molecular weight is 569 g/mol. The number of likely N-dealkylation sites (N-methyl/N-ethyl adjacent to an activating group) is 1. The van der Waals surface area contributed by atoms with E-state index in [-0.39, 0.29) is 28.3 Å². The molecular formula is C29H23ClF2N2O4S. The first kappa shape index (κ1) is 26.8. The topological polar surface area (TPSA) is 77.9 Å². The second-order valence-corrected chi connectivity index (χ2v) is 11.7.